The van der Waals surface area contributed by atoms with E-state index in [1.165, 1.54) is 30.6 Å². The van der Waals surface area contributed by atoms with Crippen molar-refractivity contribution in [2.75, 3.05) is 25.0 Å². The van der Waals surface area contributed by atoms with Crippen molar-refractivity contribution < 1.29 is 0 Å². The summed E-state index contributed by atoms with van der Waals surface area (Å²) in [7, 11) is 1.99. The first-order valence-corrected chi connectivity index (χ1v) is 6.96. The third kappa shape index (κ3) is 3.22. The first-order chi connectivity index (χ1) is 8.62. The van der Waals surface area contributed by atoms with Crippen molar-refractivity contribution in [3.8, 4) is 0 Å². The molecule has 2 heterocycles. The highest BCUT2D eigenvalue weighted by Gasteiger charge is 2.24. The van der Waals surface area contributed by atoms with Crippen molar-refractivity contribution in [2.45, 2.75) is 39.7 Å². The van der Waals surface area contributed by atoms with Gasteiger partial charge in [0.25, 0.3) is 0 Å². The zero-order valence-electron chi connectivity index (χ0n) is 11.9. The molecule has 3 heteroatoms. The van der Waals surface area contributed by atoms with E-state index < -0.39 is 0 Å². The maximum Gasteiger partial charge on any atom is 0.133 e. The van der Waals surface area contributed by atoms with Crippen LogP contribution in [0, 0.1) is 5.41 Å². The van der Waals surface area contributed by atoms with Crippen molar-refractivity contribution in [2.24, 2.45) is 5.41 Å². The first kappa shape index (κ1) is 13.3. The molecule has 0 amide bonds. The number of anilines is 1. The molecule has 3 nitrogen and oxygen atoms in total. The number of hydrogen-bond acceptors (Lipinski definition) is 3. The Kier molecular flexibility index (Phi) is 4.23. The van der Waals surface area contributed by atoms with E-state index in [-0.39, 0.29) is 0 Å². The van der Waals surface area contributed by atoms with E-state index in [4.69, 9.17) is 0 Å². The Morgan fingerprint density at radius 1 is 1.33 bits per heavy atom. The van der Waals surface area contributed by atoms with Gasteiger partial charge in [-0.15, -0.1) is 0 Å². The monoisotopic (exact) mass is 247 g/mol. The first-order valence-electron chi connectivity index (χ1n) is 6.96. The normalized spacial score (nSPS) is 19.6. The van der Waals surface area contributed by atoms with Crippen LogP contribution in [0.5, 0.6) is 0 Å². The molecule has 0 saturated carbocycles. The van der Waals surface area contributed by atoms with Crippen LogP contribution in [0.15, 0.2) is 18.3 Å². The zero-order valence-corrected chi connectivity index (χ0v) is 11.9. The molecule has 1 saturated heterocycles. The van der Waals surface area contributed by atoms with Crippen molar-refractivity contribution >= 4 is 5.82 Å². The molecule has 1 aromatic rings. The molecule has 1 aliphatic rings. The Balaban J connectivity index is 2.15. The summed E-state index contributed by atoms with van der Waals surface area (Å²) in [4.78, 5) is 7.06. The predicted octanol–water partition coefficient (Wildman–Crippen LogP) is 2.82. The Morgan fingerprint density at radius 2 is 2.17 bits per heavy atom. The van der Waals surface area contributed by atoms with E-state index in [0.717, 1.165) is 19.6 Å². The van der Waals surface area contributed by atoms with Gasteiger partial charge < -0.3 is 10.2 Å². The topological polar surface area (TPSA) is 28.2 Å². The minimum atomic E-state index is 0.479. The second-order valence-corrected chi connectivity index (χ2v) is 6.02. The summed E-state index contributed by atoms with van der Waals surface area (Å²) in [5.74, 6) is 1.17. The van der Waals surface area contributed by atoms with E-state index in [9.17, 15) is 0 Å². The number of hydrogen-bond donors (Lipinski definition) is 1. The fourth-order valence-corrected chi connectivity index (χ4v) is 2.68. The Hall–Kier alpha value is -1.09. The van der Waals surface area contributed by atoms with Gasteiger partial charge in [-0.3, -0.25) is 0 Å². The molecule has 1 aromatic heterocycles. The minimum absolute atomic E-state index is 0.479. The summed E-state index contributed by atoms with van der Waals surface area (Å²) in [5.41, 5.74) is 1.78. The van der Waals surface area contributed by atoms with Crippen LogP contribution in [-0.4, -0.2) is 25.1 Å². The molecule has 1 fully saturated rings. The lowest BCUT2D eigenvalue weighted by Gasteiger charge is -2.25. The molecule has 0 aliphatic carbocycles. The number of pyridine rings is 1. The number of nitrogens with zero attached hydrogens (tertiary/aromatic N) is 2. The van der Waals surface area contributed by atoms with Gasteiger partial charge in [0, 0.05) is 31.4 Å². The van der Waals surface area contributed by atoms with Gasteiger partial charge >= 0.3 is 0 Å². The van der Waals surface area contributed by atoms with Gasteiger partial charge in [0.15, 0.2) is 0 Å². The standard InChI is InChI=1S/C15H25N3/c1-15(2)7-5-10-18(11-8-15)14-13(12-16-3)6-4-9-17-14/h4,6,9,16H,5,7-8,10-12H2,1-3H3. The van der Waals surface area contributed by atoms with Crippen LogP contribution in [0.25, 0.3) is 0 Å². The van der Waals surface area contributed by atoms with Crippen LogP contribution in [0.3, 0.4) is 0 Å². The van der Waals surface area contributed by atoms with Crippen molar-refractivity contribution in [1.29, 1.82) is 0 Å². The van der Waals surface area contributed by atoms with E-state index in [1.807, 2.05) is 19.3 Å². The summed E-state index contributed by atoms with van der Waals surface area (Å²) in [6, 6.07) is 4.20. The quantitative estimate of drug-likeness (QED) is 0.890. The zero-order chi connectivity index (χ0) is 13.0. The lowest BCUT2D eigenvalue weighted by molar-refractivity contribution is 0.325. The third-order valence-corrected chi connectivity index (χ3v) is 3.87. The molecule has 0 radical (unpaired) electrons. The predicted molar refractivity (Wildman–Crippen MR) is 76.8 cm³/mol. The summed E-state index contributed by atoms with van der Waals surface area (Å²) >= 11 is 0. The molecule has 0 aromatic carbocycles. The maximum absolute atomic E-state index is 4.60. The third-order valence-electron chi connectivity index (χ3n) is 3.87. The van der Waals surface area contributed by atoms with Crippen LogP contribution in [0.1, 0.15) is 38.7 Å². The van der Waals surface area contributed by atoms with Crippen LogP contribution < -0.4 is 10.2 Å². The summed E-state index contributed by atoms with van der Waals surface area (Å²) in [5, 5.41) is 3.23. The fraction of sp³-hybridized carbons (Fsp3) is 0.667. The lowest BCUT2D eigenvalue weighted by Crippen LogP contribution is -2.27. The Morgan fingerprint density at radius 3 is 2.94 bits per heavy atom. The summed E-state index contributed by atoms with van der Waals surface area (Å²) < 4.78 is 0. The highest BCUT2D eigenvalue weighted by molar-refractivity contribution is 5.46. The highest BCUT2D eigenvalue weighted by atomic mass is 15.2. The molecule has 100 valence electrons. The molecule has 0 atom stereocenters. The van der Waals surface area contributed by atoms with Crippen LogP contribution in [-0.2, 0) is 6.54 Å². The minimum Gasteiger partial charge on any atom is -0.356 e. The molecule has 18 heavy (non-hydrogen) atoms. The van der Waals surface area contributed by atoms with Gasteiger partial charge in [0.2, 0.25) is 0 Å². The maximum atomic E-state index is 4.60. The van der Waals surface area contributed by atoms with Crippen LogP contribution >= 0.6 is 0 Å². The summed E-state index contributed by atoms with van der Waals surface area (Å²) in [6.45, 7) is 7.91. The van der Waals surface area contributed by atoms with E-state index >= 15 is 0 Å². The largest absolute Gasteiger partial charge is 0.356 e. The van der Waals surface area contributed by atoms with Gasteiger partial charge in [0.05, 0.1) is 0 Å². The van der Waals surface area contributed by atoms with Gasteiger partial charge in [-0.25, -0.2) is 4.98 Å². The molecular formula is C15H25N3. The number of rotatable bonds is 3. The van der Waals surface area contributed by atoms with E-state index in [0.29, 0.717) is 5.41 Å². The van der Waals surface area contributed by atoms with Crippen molar-refractivity contribution in [3.05, 3.63) is 23.9 Å². The van der Waals surface area contributed by atoms with E-state index in [1.54, 1.807) is 0 Å². The molecule has 2 rings (SSSR count). The van der Waals surface area contributed by atoms with Gasteiger partial charge in [-0.1, -0.05) is 19.9 Å². The second-order valence-electron chi connectivity index (χ2n) is 6.02. The molecule has 0 spiro atoms. The van der Waals surface area contributed by atoms with Crippen molar-refractivity contribution in [3.63, 3.8) is 0 Å². The smallest absolute Gasteiger partial charge is 0.133 e. The number of aromatic nitrogens is 1. The van der Waals surface area contributed by atoms with Gasteiger partial charge in [0.1, 0.15) is 5.82 Å². The average Bonchev–Trinajstić information content (AvgIpc) is 2.52. The Labute approximate surface area is 111 Å². The average molecular weight is 247 g/mol. The Bertz CT molecular complexity index is 387. The highest BCUT2D eigenvalue weighted by Crippen LogP contribution is 2.31. The molecule has 0 unspecified atom stereocenters. The van der Waals surface area contributed by atoms with Crippen molar-refractivity contribution in [1.82, 2.24) is 10.3 Å². The lowest BCUT2D eigenvalue weighted by atomic mass is 9.85. The van der Waals surface area contributed by atoms with E-state index in [2.05, 4.69) is 35.1 Å². The molecule has 0 bridgehead atoms. The molecule has 1 aliphatic heterocycles. The second kappa shape index (κ2) is 5.70. The van der Waals surface area contributed by atoms with Crippen LogP contribution in [0.4, 0.5) is 5.82 Å². The SMILES string of the molecule is CNCc1cccnc1N1CCCC(C)(C)CC1. The molecular weight excluding hydrogens is 222 g/mol. The summed E-state index contributed by atoms with van der Waals surface area (Å²) in [6.07, 6.45) is 5.74. The van der Waals surface area contributed by atoms with Crippen LogP contribution in [0.2, 0.25) is 0 Å². The fourth-order valence-electron chi connectivity index (χ4n) is 2.68. The van der Waals surface area contributed by atoms with Gasteiger partial charge in [-0.05, 0) is 37.8 Å². The van der Waals surface area contributed by atoms with Gasteiger partial charge in [-0.2, -0.15) is 0 Å². The number of nitrogens with one attached hydrogen (secondary N) is 1. The molecule has 1 N–H and O–H groups in total.